The van der Waals surface area contributed by atoms with Gasteiger partial charge in [-0.3, -0.25) is 4.79 Å². The van der Waals surface area contributed by atoms with E-state index in [-0.39, 0.29) is 12.0 Å². The summed E-state index contributed by atoms with van der Waals surface area (Å²) in [4.78, 5) is 26.5. The van der Waals surface area contributed by atoms with E-state index < -0.39 is 5.60 Å². The molecule has 1 aromatic carbocycles. The maximum atomic E-state index is 12.5. The number of likely N-dealkylation sites (tertiary alicyclic amines) is 1. The first-order chi connectivity index (χ1) is 14.3. The number of nitrogens with zero attached hydrogens (tertiary/aromatic N) is 1. The van der Waals surface area contributed by atoms with E-state index in [4.69, 9.17) is 4.74 Å². The molecule has 5 nitrogen and oxygen atoms in total. The van der Waals surface area contributed by atoms with Crippen molar-refractivity contribution in [1.29, 1.82) is 0 Å². The van der Waals surface area contributed by atoms with Crippen LogP contribution in [0.25, 0.3) is 0 Å². The molecule has 1 aliphatic rings. The summed E-state index contributed by atoms with van der Waals surface area (Å²) >= 11 is 1.72. The van der Waals surface area contributed by atoms with Crippen LogP contribution in [0.1, 0.15) is 75.2 Å². The van der Waals surface area contributed by atoms with Crippen LogP contribution in [0.4, 0.5) is 4.79 Å². The second kappa shape index (κ2) is 12.2. The molecule has 1 aromatic rings. The Morgan fingerprint density at radius 3 is 2.57 bits per heavy atom. The number of hydrogen-bond acceptors (Lipinski definition) is 4. The molecule has 1 N–H and O–H groups in total. The van der Waals surface area contributed by atoms with E-state index in [1.807, 2.05) is 44.1 Å². The smallest absolute Gasteiger partial charge is 0.410 e. The molecule has 1 saturated heterocycles. The third-order valence-electron chi connectivity index (χ3n) is 5.32. The van der Waals surface area contributed by atoms with Crippen LogP contribution in [0, 0.1) is 0 Å². The average molecular weight is 435 g/mol. The van der Waals surface area contributed by atoms with Crippen molar-refractivity contribution in [2.45, 2.75) is 77.4 Å². The van der Waals surface area contributed by atoms with Gasteiger partial charge in [-0.25, -0.2) is 4.79 Å². The molecule has 0 spiro atoms. The van der Waals surface area contributed by atoms with Crippen LogP contribution in [0.15, 0.2) is 24.3 Å². The fourth-order valence-electron chi connectivity index (χ4n) is 3.76. The number of benzene rings is 1. The standard InChI is InChI=1S/C24H38N2O3S/c1-24(2,3)29-23(28)26-17-8-7-11-21(26)10-6-5-9-19-12-14-20(15-13-19)22(27)25-16-18-30-4/h12-15,21H,5-11,16-18H2,1-4H3,(H,25,27). The highest BCUT2D eigenvalue weighted by atomic mass is 32.2. The van der Waals surface area contributed by atoms with Crippen molar-refractivity contribution in [1.82, 2.24) is 10.2 Å². The zero-order chi connectivity index (χ0) is 22.0. The monoisotopic (exact) mass is 434 g/mol. The normalized spacial score (nSPS) is 16.9. The quantitative estimate of drug-likeness (QED) is 0.537. The predicted octanol–water partition coefficient (Wildman–Crippen LogP) is 5.28. The van der Waals surface area contributed by atoms with Crippen molar-refractivity contribution in [2.75, 3.05) is 25.1 Å². The molecule has 0 bridgehead atoms. The first-order valence-corrected chi connectivity index (χ1v) is 12.6. The summed E-state index contributed by atoms with van der Waals surface area (Å²) in [6.07, 6.45) is 9.36. The maximum absolute atomic E-state index is 12.5. The molecule has 168 valence electrons. The average Bonchev–Trinajstić information content (AvgIpc) is 2.71. The Bertz CT molecular complexity index is 670. The predicted molar refractivity (Wildman–Crippen MR) is 125 cm³/mol. The number of nitrogens with one attached hydrogen (secondary N) is 1. The molecule has 2 amide bonds. The summed E-state index contributed by atoms with van der Waals surface area (Å²) in [7, 11) is 0. The molecular formula is C24H38N2O3S. The molecule has 2 rings (SSSR count). The Balaban J connectivity index is 1.75. The van der Waals surface area contributed by atoms with E-state index in [9.17, 15) is 9.59 Å². The summed E-state index contributed by atoms with van der Waals surface area (Å²) in [5, 5.41) is 2.93. The summed E-state index contributed by atoms with van der Waals surface area (Å²) in [5.41, 5.74) is 1.52. The van der Waals surface area contributed by atoms with Crippen molar-refractivity contribution in [3.05, 3.63) is 35.4 Å². The van der Waals surface area contributed by atoms with Crippen molar-refractivity contribution in [2.24, 2.45) is 0 Å². The van der Waals surface area contributed by atoms with Gasteiger partial charge in [0.05, 0.1) is 0 Å². The molecule has 0 saturated carbocycles. The van der Waals surface area contributed by atoms with Crippen molar-refractivity contribution in [3.63, 3.8) is 0 Å². The van der Waals surface area contributed by atoms with Gasteiger partial charge in [0, 0.05) is 30.4 Å². The van der Waals surface area contributed by atoms with E-state index in [0.29, 0.717) is 12.6 Å². The highest BCUT2D eigenvalue weighted by molar-refractivity contribution is 7.98. The SMILES string of the molecule is CSCCNC(=O)c1ccc(CCCCC2CCCCN2C(=O)OC(C)(C)C)cc1. The van der Waals surface area contributed by atoms with Crippen LogP contribution >= 0.6 is 11.8 Å². The van der Waals surface area contributed by atoms with E-state index in [2.05, 4.69) is 17.4 Å². The number of amides is 2. The second-order valence-corrected chi connectivity index (χ2v) is 10.0. The number of ether oxygens (including phenoxy) is 1. The molecule has 0 radical (unpaired) electrons. The highest BCUT2D eigenvalue weighted by Gasteiger charge is 2.29. The molecule has 1 unspecified atom stereocenters. The Morgan fingerprint density at radius 2 is 1.90 bits per heavy atom. The van der Waals surface area contributed by atoms with Gasteiger partial charge < -0.3 is 15.0 Å². The Kier molecular flexibility index (Phi) is 10.0. The molecular weight excluding hydrogens is 396 g/mol. The summed E-state index contributed by atoms with van der Waals surface area (Å²) in [5.74, 6) is 0.922. The topological polar surface area (TPSA) is 58.6 Å². The third-order valence-corrected chi connectivity index (χ3v) is 5.93. The molecule has 1 fully saturated rings. The summed E-state index contributed by atoms with van der Waals surface area (Å²) < 4.78 is 5.60. The fourth-order valence-corrected chi connectivity index (χ4v) is 4.07. The minimum absolute atomic E-state index is 0.00451. The molecule has 0 aromatic heterocycles. The second-order valence-electron chi connectivity index (χ2n) is 9.01. The van der Waals surface area contributed by atoms with Crippen LogP contribution in [0.3, 0.4) is 0 Å². The van der Waals surface area contributed by atoms with E-state index in [1.165, 1.54) is 12.0 Å². The van der Waals surface area contributed by atoms with Crippen molar-refractivity contribution in [3.8, 4) is 0 Å². The van der Waals surface area contributed by atoms with Crippen LogP contribution in [-0.4, -0.2) is 53.6 Å². The molecule has 6 heteroatoms. The zero-order valence-corrected chi connectivity index (χ0v) is 19.9. The zero-order valence-electron chi connectivity index (χ0n) is 19.0. The van der Waals surface area contributed by atoms with E-state index >= 15 is 0 Å². The van der Waals surface area contributed by atoms with Crippen LogP contribution in [0.5, 0.6) is 0 Å². The fraction of sp³-hybridized carbons (Fsp3) is 0.667. The first kappa shape index (κ1) is 24.6. The van der Waals surface area contributed by atoms with E-state index in [1.54, 1.807) is 11.8 Å². The number of unbranched alkanes of at least 4 members (excludes halogenated alkanes) is 1. The molecule has 1 aliphatic heterocycles. The number of carbonyl (C=O) groups is 2. The largest absolute Gasteiger partial charge is 0.444 e. The Labute approximate surface area is 186 Å². The number of carbonyl (C=O) groups excluding carboxylic acids is 2. The first-order valence-electron chi connectivity index (χ1n) is 11.2. The summed E-state index contributed by atoms with van der Waals surface area (Å²) in [6, 6.07) is 8.22. The summed E-state index contributed by atoms with van der Waals surface area (Å²) in [6.45, 7) is 7.26. The van der Waals surface area contributed by atoms with Crippen molar-refractivity contribution >= 4 is 23.8 Å². The number of rotatable bonds is 9. The maximum Gasteiger partial charge on any atom is 0.410 e. The van der Waals surface area contributed by atoms with Crippen molar-refractivity contribution < 1.29 is 14.3 Å². The van der Waals surface area contributed by atoms with Gasteiger partial charge in [0.2, 0.25) is 0 Å². The molecule has 30 heavy (non-hydrogen) atoms. The Morgan fingerprint density at radius 1 is 1.17 bits per heavy atom. The number of aryl methyl sites for hydroxylation is 1. The van der Waals surface area contributed by atoms with E-state index in [0.717, 1.165) is 56.4 Å². The van der Waals surface area contributed by atoms with Gasteiger partial charge >= 0.3 is 6.09 Å². The van der Waals surface area contributed by atoms with Crippen LogP contribution in [-0.2, 0) is 11.2 Å². The lowest BCUT2D eigenvalue weighted by Crippen LogP contribution is -2.46. The minimum Gasteiger partial charge on any atom is -0.444 e. The van der Waals surface area contributed by atoms with Gasteiger partial charge in [0.1, 0.15) is 5.60 Å². The molecule has 1 atom stereocenters. The van der Waals surface area contributed by atoms with Gasteiger partial charge in [-0.1, -0.05) is 18.6 Å². The van der Waals surface area contributed by atoms with Crippen LogP contribution in [0.2, 0.25) is 0 Å². The van der Waals surface area contributed by atoms with Crippen LogP contribution < -0.4 is 5.32 Å². The lowest BCUT2D eigenvalue weighted by Gasteiger charge is -2.37. The molecule has 1 heterocycles. The highest BCUT2D eigenvalue weighted by Crippen LogP contribution is 2.24. The minimum atomic E-state index is -0.447. The number of hydrogen-bond donors (Lipinski definition) is 1. The lowest BCUT2D eigenvalue weighted by molar-refractivity contribution is 0.00859. The lowest BCUT2D eigenvalue weighted by atomic mass is 9.96. The van der Waals surface area contributed by atoms with Gasteiger partial charge in [-0.05, 0) is 83.2 Å². The number of thioether (sulfide) groups is 1. The van der Waals surface area contributed by atoms with Gasteiger partial charge in [0.25, 0.3) is 5.91 Å². The van der Waals surface area contributed by atoms with Gasteiger partial charge in [0.15, 0.2) is 0 Å². The third kappa shape index (κ3) is 8.58. The number of piperidine rings is 1. The van der Waals surface area contributed by atoms with Gasteiger partial charge in [-0.15, -0.1) is 0 Å². The van der Waals surface area contributed by atoms with Gasteiger partial charge in [-0.2, -0.15) is 11.8 Å². The Hall–Kier alpha value is -1.69. The molecule has 0 aliphatic carbocycles.